The molecule has 0 bridgehead atoms. The number of halogens is 3. The molecule has 3 nitrogen and oxygen atoms in total. The summed E-state index contributed by atoms with van der Waals surface area (Å²) < 4.78 is 39.6. The van der Waals surface area contributed by atoms with Gasteiger partial charge in [0, 0.05) is 22.7 Å². The molecule has 5 rings (SSSR count). The van der Waals surface area contributed by atoms with Crippen molar-refractivity contribution in [1.29, 1.82) is 0 Å². The minimum Gasteiger partial charge on any atom is -0.388 e. The highest BCUT2D eigenvalue weighted by atomic mass is 19.4. The van der Waals surface area contributed by atoms with E-state index in [4.69, 9.17) is 4.98 Å². The molecule has 2 fully saturated rings. The molecule has 0 spiro atoms. The highest BCUT2D eigenvalue weighted by Crippen LogP contribution is 2.51. The normalized spacial score (nSPS) is 24.0. The monoisotopic (exact) mass is 501 g/mol. The number of hydrogen-bond acceptors (Lipinski definition) is 3. The number of rotatable bonds is 4. The topological polar surface area (TPSA) is 53.4 Å². The van der Waals surface area contributed by atoms with Gasteiger partial charge in [0.05, 0.1) is 17.4 Å². The second kappa shape index (κ2) is 9.75. The Morgan fingerprint density at radius 1 is 0.889 bits per heavy atom. The van der Waals surface area contributed by atoms with Crippen LogP contribution in [0.5, 0.6) is 0 Å². The van der Waals surface area contributed by atoms with E-state index in [1.165, 1.54) is 18.6 Å². The number of aliphatic hydroxyl groups is 2. The largest absolute Gasteiger partial charge is 0.416 e. The van der Waals surface area contributed by atoms with Gasteiger partial charge in [-0.3, -0.25) is 4.98 Å². The van der Waals surface area contributed by atoms with Crippen LogP contribution in [0, 0.1) is 5.41 Å². The zero-order chi connectivity index (χ0) is 25.7. The van der Waals surface area contributed by atoms with E-state index in [1.54, 1.807) is 0 Å². The minimum absolute atomic E-state index is 0.0657. The molecule has 2 atom stereocenters. The fraction of sp³-hybridized carbons (Fsp3) is 0.633. The van der Waals surface area contributed by atoms with Crippen LogP contribution >= 0.6 is 0 Å². The molecule has 2 N–H and O–H groups in total. The van der Waals surface area contributed by atoms with E-state index in [0.717, 1.165) is 98.0 Å². The Bertz CT molecular complexity index is 1080. The highest BCUT2D eigenvalue weighted by molar-refractivity contribution is 5.51. The second-order valence-electron chi connectivity index (χ2n) is 12.1. The van der Waals surface area contributed by atoms with Crippen molar-refractivity contribution in [3.8, 4) is 0 Å². The Balaban J connectivity index is 1.71. The third kappa shape index (κ3) is 4.96. The molecular formula is C30H38F3NO2. The van der Waals surface area contributed by atoms with Gasteiger partial charge in [0.2, 0.25) is 0 Å². The van der Waals surface area contributed by atoms with Crippen LogP contribution < -0.4 is 0 Å². The highest BCUT2D eigenvalue weighted by Gasteiger charge is 2.40. The smallest absolute Gasteiger partial charge is 0.388 e. The van der Waals surface area contributed by atoms with Crippen molar-refractivity contribution in [3.63, 3.8) is 0 Å². The summed E-state index contributed by atoms with van der Waals surface area (Å²) in [7, 11) is 0. The number of aromatic nitrogens is 1. The van der Waals surface area contributed by atoms with Crippen molar-refractivity contribution in [3.05, 3.63) is 63.5 Å². The number of aliphatic hydroxyl groups excluding tert-OH is 2. The number of pyridine rings is 1. The lowest BCUT2D eigenvalue weighted by atomic mass is 9.69. The van der Waals surface area contributed by atoms with Crippen molar-refractivity contribution >= 4 is 0 Å². The second-order valence-corrected chi connectivity index (χ2v) is 12.1. The van der Waals surface area contributed by atoms with Gasteiger partial charge in [-0.1, -0.05) is 58.1 Å². The van der Waals surface area contributed by atoms with Crippen molar-refractivity contribution in [2.24, 2.45) is 5.41 Å². The van der Waals surface area contributed by atoms with E-state index in [2.05, 4.69) is 13.8 Å². The summed E-state index contributed by atoms with van der Waals surface area (Å²) in [5, 5.41) is 23.2. The standard InChI is InChI=1S/C30H38F3NO2/c1-29(2)16-22-25(23(35)17-29)24(18-8-4-3-5-9-18)26(27(34-22)19-10-6-7-11-19)28(36)20-12-14-21(15-13-20)30(31,32)33/h12-15,18-19,23,28,35-36H,3-11,16-17H2,1-2H3/t23-,28?/m0/s1. The fourth-order valence-electron chi connectivity index (χ4n) is 7.01. The van der Waals surface area contributed by atoms with E-state index in [0.29, 0.717) is 12.0 Å². The number of alkyl halides is 3. The maximum absolute atomic E-state index is 13.2. The molecule has 2 aromatic rings. The van der Waals surface area contributed by atoms with Gasteiger partial charge in [-0.2, -0.15) is 13.2 Å². The summed E-state index contributed by atoms with van der Waals surface area (Å²) in [5.41, 5.74) is 4.26. The molecule has 0 radical (unpaired) electrons. The number of nitrogens with zero attached hydrogens (tertiary/aromatic N) is 1. The van der Waals surface area contributed by atoms with Gasteiger partial charge < -0.3 is 10.2 Å². The summed E-state index contributed by atoms with van der Waals surface area (Å²) in [5.74, 6) is 0.463. The summed E-state index contributed by atoms with van der Waals surface area (Å²) >= 11 is 0. The Morgan fingerprint density at radius 3 is 2.08 bits per heavy atom. The van der Waals surface area contributed by atoms with Crippen molar-refractivity contribution in [2.75, 3.05) is 0 Å². The Labute approximate surface area is 212 Å². The molecule has 1 aromatic heterocycles. The molecule has 0 aliphatic heterocycles. The van der Waals surface area contributed by atoms with Crippen LogP contribution in [-0.2, 0) is 12.6 Å². The van der Waals surface area contributed by atoms with Gasteiger partial charge in [-0.15, -0.1) is 0 Å². The van der Waals surface area contributed by atoms with E-state index in [9.17, 15) is 23.4 Å². The van der Waals surface area contributed by atoms with Gasteiger partial charge in [0.1, 0.15) is 6.10 Å². The number of benzene rings is 1. The molecule has 2 saturated carbocycles. The quantitative estimate of drug-likeness (QED) is 0.448. The Kier molecular flexibility index (Phi) is 6.97. The van der Waals surface area contributed by atoms with Crippen molar-refractivity contribution in [2.45, 2.75) is 115 Å². The maximum Gasteiger partial charge on any atom is 0.416 e. The molecule has 3 aliphatic rings. The summed E-state index contributed by atoms with van der Waals surface area (Å²) in [6.45, 7) is 4.34. The van der Waals surface area contributed by atoms with E-state index in [1.807, 2.05) is 0 Å². The first kappa shape index (κ1) is 25.7. The van der Waals surface area contributed by atoms with Crippen LogP contribution in [-0.4, -0.2) is 15.2 Å². The zero-order valence-corrected chi connectivity index (χ0v) is 21.4. The predicted molar refractivity (Wildman–Crippen MR) is 134 cm³/mol. The lowest BCUT2D eigenvalue weighted by Gasteiger charge is -2.39. The summed E-state index contributed by atoms with van der Waals surface area (Å²) in [6, 6.07) is 4.90. The molecule has 6 heteroatoms. The molecule has 196 valence electrons. The van der Waals surface area contributed by atoms with E-state index in [-0.39, 0.29) is 17.3 Å². The molecular weight excluding hydrogens is 463 g/mol. The first-order chi connectivity index (χ1) is 17.0. The van der Waals surface area contributed by atoms with E-state index >= 15 is 0 Å². The van der Waals surface area contributed by atoms with Gasteiger partial charge in [-0.05, 0) is 73.1 Å². The molecule has 1 aromatic carbocycles. The molecule has 1 unspecified atom stereocenters. The summed E-state index contributed by atoms with van der Waals surface area (Å²) in [6.07, 6.45) is 4.95. The Morgan fingerprint density at radius 2 is 1.47 bits per heavy atom. The third-order valence-corrected chi connectivity index (χ3v) is 8.73. The van der Waals surface area contributed by atoms with Gasteiger partial charge in [0.25, 0.3) is 0 Å². The molecule has 36 heavy (non-hydrogen) atoms. The van der Waals surface area contributed by atoms with Crippen molar-refractivity contribution < 1.29 is 23.4 Å². The van der Waals surface area contributed by atoms with Gasteiger partial charge >= 0.3 is 6.18 Å². The third-order valence-electron chi connectivity index (χ3n) is 8.73. The number of hydrogen-bond donors (Lipinski definition) is 2. The first-order valence-electron chi connectivity index (χ1n) is 13.6. The molecule has 3 aliphatic carbocycles. The summed E-state index contributed by atoms with van der Waals surface area (Å²) in [4.78, 5) is 5.20. The lowest BCUT2D eigenvalue weighted by molar-refractivity contribution is -0.137. The van der Waals surface area contributed by atoms with Crippen LogP contribution in [0.2, 0.25) is 0 Å². The average molecular weight is 502 g/mol. The van der Waals surface area contributed by atoms with Crippen molar-refractivity contribution in [1.82, 2.24) is 4.98 Å². The minimum atomic E-state index is -4.42. The Hall–Kier alpha value is -1.92. The van der Waals surface area contributed by atoms with Gasteiger partial charge in [0.15, 0.2) is 0 Å². The van der Waals surface area contributed by atoms with Crippen LogP contribution in [0.25, 0.3) is 0 Å². The number of fused-ring (bicyclic) bond motifs is 1. The average Bonchev–Trinajstić information content (AvgIpc) is 3.37. The maximum atomic E-state index is 13.2. The molecule has 0 amide bonds. The predicted octanol–water partition coefficient (Wildman–Crippen LogP) is 7.89. The van der Waals surface area contributed by atoms with Gasteiger partial charge in [-0.25, -0.2) is 0 Å². The zero-order valence-electron chi connectivity index (χ0n) is 21.4. The molecule has 0 saturated heterocycles. The van der Waals surface area contributed by atoms with Crippen LogP contribution in [0.15, 0.2) is 24.3 Å². The van der Waals surface area contributed by atoms with Crippen LogP contribution in [0.4, 0.5) is 13.2 Å². The first-order valence-corrected chi connectivity index (χ1v) is 13.6. The fourth-order valence-corrected chi connectivity index (χ4v) is 7.01. The van der Waals surface area contributed by atoms with Crippen LogP contribution in [0.3, 0.4) is 0 Å². The lowest BCUT2D eigenvalue weighted by Crippen LogP contribution is -2.31. The van der Waals surface area contributed by atoms with E-state index < -0.39 is 23.9 Å². The van der Waals surface area contributed by atoms with Crippen LogP contribution in [0.1, 0.15) is 141 Å². The molecule has 1 heterocycles. The SMILES string of the molecule is CC1(C)Cc2nc(C3CCCC3)c(C(O)c3ccc(C(F)(F)F)cc3)c(C3CCCCC3)c2[C@@H](O)C1.